The third-order valence-electron chi connectivity index (χ3n) is 3.13. The smallest absolute Gasteiger partial charge is 0.322 e. The van der Waals surface area contributed by atoms with Crippen LogP contribution in [0.5, 0.6) is 0 Å². The molecule has 0 radical (unpaired) electrons. The molecule has 2 amide bonds. The van der Waals surface area contributed by atoms with Crippen LogP contribution in [0, 0.1) is 5.92 Å². The molecular weight excluding hydrogens is 250 g/mol. The second-order valence-electron chi connectivity index (χ2n) is 5.98. The Bertz CT molecular complexity index is 424. The summed E-state index contributed by atoms with van der Waals surface area (Å²) in [6.07, 6.45) is 0. The van der Waals surface area contributed by atoms with Gasteiger partial charge in [0.25, 0.3) is 0 Å². The van der Waals surface area contributed by atoms with E-state index in [1.165, 1.54) is 0 Å². The number of rotatable bonds is 5. The highest BCUT2D eigenvalue weighted by atomic mass is 16.2. The number of hydrogen-bond acceptors (Lipinski definition) is 2. The van der Waals surface area contributed by atoms with Crippen LogP contribution in [-0.2, 0) is 0 Å². The zero-order valence-electron chi connectivity index (χ0n) is 13.2. The molecule has 20 heavy (non-hydrogen) atoms. The van der Waals surface area contributed by atoms with Gasteiger partial charge < -0.3 is 16.0 Å². The van der Waals surface area contributed by atoms with Crippen molar-refractivity contribution in [1.82, 2.24) is 4.90 Å². The molecule has 0 bridgehead atoms. The Kier molecular flexibility index (Phi) is 6.02. The van der Waals surface area contributed by atoms with Crippen LogP contribution in [0.25, 0.3) is 0 Å². The Morgan fingerprint density at radius 2 is 1.70 bits per heavy atom. The van der Waals surface area contributed by atoms with E-state index >= 15 is 0 Å². The van der Waals surface area contributed by atoms with E-state index in [1.807, 2.05) is 49.9 Å². The van der Waals surface area contributed by atoms with Crippen molar-refractivity contribution in [2.75, 3.05) is 11.9 Å². The minimum atomic E-state index is -0.0535. The van der Waals surface area contributed by atoms with Crippen molar-refractivity contribution in [2.45, 2.75) is 46.7 Å². The monoisotopic (exact) mass is 277 g/mol. The standard InChI is InChI=1S/C16H27N3O/c1-11(2)10-19(12(3)4)16(20)18-15-8-6-14(7-9-15)13(5)17/h6-9,11-13H,10,17H2,1-5H3,(H,18,20). The summed E-state index contributed by atoms with van der Waals surface area (Å²) < 4.78 is 0. The number of carbonyl (C=O) groups is 1. The van der Waals surface area contributed by atoms with Crippen molar-refractivity contribution in [2.24, 2.45) is 11.7 Å². The van der Waals surface area contributed by atoms with Gasteiger partial charge in [-0.1, -0.05) is 26.0 Å². The summed E-state index contributed by atoms with van der Waals surface area (Å²) in [6.45, 7) is 11.0. The van der Waals surface area contributed by atoms with Gasteiger partial charge in [0, 0.05) is 24.3 Å². The lowest BCUT2D eigenvalue weighted by Crippen LogP contribution is -2.42. The van der Waals surface area contributed by atoms with Gasteiger partial charge in [0.1, 0.15) is 0 Å². The van der Waals surface area contributed by atoms with Crippen LogP contribution in [-0.4, -0.2) is 23.5 Å². The zero-order valence-corrected chi connectivity index (χ0v) is 13.2. The molecule has 112 valence electrons. The Labute approximate surface area is 122 Å². The molecule has 0 aliphatic heterocycles. The maximum absolute atomic E-state index is 12.3. The summed E-state index contributed by atoms with van der Waals surface area (Å²) in [5, 5.41) is 2.94. The van der Waals surface area contributed by atoms with Crippen LogP contribution in [0.15, 0.2) is 24.3 Å². The maximum atomic E-state index is 12.3. The van der Waals surface area contributed by atoms with Crippen LogP contribution in [0.2, 0.25) is 0 Å². The SMILES string of the molecule is CC(C)CN(C(=O)Nc1ccc(C(C)N)cc1)C(C)C. The number of benzene rings is 1. The highest BCUT2D eigenvalue weighted by Crippen LogP contribution is 2.15. The molecule has 1 rings (SSSR count). The maximum Gasteiger partial charge on any atom is 0.322 e. The Morgan fingerprint density at radius 3 is 2.10 bits per heavy atom. The molecule has 0 aliphatic rings. The largest absolute Gasteiger partial charge is 0.324 e. The van der Waals surface area contributed by atoms with Crippen molar-refractivity contribution < 1.29 is 4.79 Å². The highest BCUT2D eigenvalue weighted by molar-refractivity contribution is 5.89. The molecular formula is C16H27N3O. The average molecular weight is 277 g/mol. The second kappa shape index (κ2) is 7.29. The fraction of sp³-hybridized carbons (Fsp3) is 0.562. The molecule has 0 fully saturated rings. The molecule has 4 heteroatoms. The van der Waals surface area contributed by atoms with E-state index in [2.05, 4.69) is 19.2 Å². The highest BCUT2D eigenvalue weighted by Gasteiger charge is 2.18. The topological polar surface area (TPSA) is 58.4 Å². The number of nitrogens with two attached hydrogens (primary N) is 1. The Morgan fingerprint density at radius 1 is 1.15 bits per heavy atom. The predicted octanol–water partition coefficient (Wildman–Crippen LogP) is 3.60. The van der Waals surface area contributed by atoms with Gasteiger partial charge in [-0.3, -0.25) is 0 Å². The molecule has 0 heterocycles. The first-order chi connectivity index (χ1) is 9.31. The predicted molar refractivity (Wildman–Crippen MR) is 84.7 cm³/mol. The van der Waals surface area contributed by atoms with E-state index in [9.17, 15) is 4.79 Å². The van der Waals surface area contributed by atoms with Crippen LogP contribution in [0.1, 0.15) is 46.2 Å². The second-order valence-corrected chi connectivity index (χ2v) is 5.98. The van der Waals surface area contributed by atoms with Crippen LogP contribution in [0.4, 0.5) is 10.5 Å². The lowest BCUT2D eigenvalue weighted by molar-refractivity contribution is 0.188. The van der Waals surface area contributed by atoms with E-state index in [0.717, 1.165) is 17.8 Å². The number of hydrogen-bond donors (Lipinski definition) is 2. The van der Waals surface area contributed by atoms with Crippen molar-refractivity contribution in [1.29, 1.82) is 0 Å². The van der Waals surface area contributed by atoms with Gasteiger partial charge >= 0.3 is 6.03 Å². The number of anilines is 1. The first-order valence-electron chi connectivity index (χ1n) is 7.24. The normalized spacial score (nSPS) is 12.6. The van der Waals surface area contributed by atoms with E-state index < -0.39 is 0 Å². The summed E-state index contributed by atoms with van der Waals surface area (Å²) in [4.78, 5) is 14.1. The summed E-state index contributed by atoms with van der Waals surface area (Å²) in [5.41, 5.74) is 7.67. The lowest BCUT2D eigenvalue weighted by atomic mass is 10.1. The van der Waals surface area contributed by atoms with Crippen molar-refractivity contribution >= 4 is 11.7 Å². The van der Waals surface area contributed by atoms with Crippen LogP contribution >= 0.6 is 0 Å². The minimum Gasteiger partial charge on any atom is -0.324 e. The zero-order chi connectivity index (χ0) is 15.3. The molecule has 4 nitrogen and oxygen atoms in total. The summed E-state index contributed by atoms with van der Waals surface area (Å²) in [7, 11) is 0. The minimum absolute atomic E-state index is 0.00727. The van der Waals surface area contributed by atoms with Gasteiger partial charge in [0.15, 0.2) is 0 Å². The third kappa shape index (κ3) is 4.85. The van der Waals surface area contributed by atoms with Gasteiger partial charge in [-0.2, -0.15) is 0 Å². The summed E-state index contributed by atoms with van der Waals surface area (Å²) >= 11 is 0. The van der Waals surface area contributed by atoms with E-state index in [0.29, 0.717) is 5.92 Å². The Balaban J connectivity index is 2.72. The average Bonchev–Trinajstić information content (AvgIpc) is 2.35. The summed E-state index contributed by atoms with van der Waals surface area (Å²) in [5.74, 6) is 0.448. The van der Waals surface area contributed by atoms with Gasteiger partial charge in [0.2, 0.25) is 0 Å². The molecule has 0 aromatic heterocycles. The fourth-order valence-electron chi connectivity index (χ4n) is 1.99. The van der Waals surface area contributed by atoms with Gasteiger partial charge in [-0.15, -0.1) is 0 Å². The van der Waals surface area contributed by atoms with Gasteiger partial charge in [0.05, 0.1) is 0 Å². The lowest BCUT2D eigenvalue weighted by Gasteiger charge is -2.28. The quantitative estimate of drug-likeness (QED) is 0.864. The van der Waals surface area contributed by atoms with E-state index in [1.54, 1.807) is 0 Å². The molecule has 0 saturated heterocycles. The van der Waals surface area contributed by atoms with Crippen LogP contribution in [0.3, 0.4) is 0 Å². The van der Waals surface area contributed by atoms with Gasteiger partial charge in [-0.05, 0) is 44.4 Å². The first kappa shape index (κ1) is 16.5. The van der Waals surface area contributed by atoms with Crippen molar-refractivity contribution in [3.8, 4) is 0 Å². The van der Waals surface area contributed by atoms with E-state index in [-0.39, 0.29) is 18.1 Å². The van der Waals surface area contributed by atoms with E-state index in [4.69, 9.17) is 5.73 Å². The van der Waals surface area contributed by atoms with Crippen LogP contribution < -0.4 is 11.1 Å². The number of nitrogens with zero attached hydrogens (tertiary/aromatic N) is 1. The molecule has 1 aromatic carbocycles. The molecule has 0 spiro atoms. The number of urea groups is 1. The molecule has 1 atom stereocenters. The molecule has 1 aromatic rings. The van der Waals surface area contributed by atoms with Crippen molar-refractivity contribution in [3.63, 3.8) is 0 Å². The number of nitrogens with one attached hydrogen (secondary N) is 1. The molecule has 0 aliphatic carbocycles. The van der Waals surface area contributed by atoms with Crippen molar-refractivity contribution in [3.05, 3.63) is 29.8 Å². The summed E-state index contributed by atoms with van der Waals surface area (Å²) in [6, 6.07) is 7.82. The molecule has 1 unspecified atom stereocenters. The van der Waals surface area contributed by atoms with Gasteiger partial charge in [-0.25, -0.2) is 4.79 Å². The number of amides is 2. The molecule has 3 N–H and O–H groups in total. The Hall–Kier alpha value is -1.55. The number of carbonyl (C=O) groups excluding carboxylic acids is 1. The third-order valence-corrected chi connectivity index (χ3v) is 3.13. The first-order valence-corrected chi connectivity index (χ1v) is 7.24. The molecule has 0 saturated carbocycles. The fourth-order valence-corrected chi connectivity index (χ4v) is 1.99.